The minimum Gasteiger partial charge on any atom is -0.457 e. The van der Waals surface area contributed by atoms with E-state index in [0.717, 1.165) is 106 Å². The Morgan fingerprint density at radius 2 is 0.848 bits per heavy atom. The Morgan fingerprint density at radius 3 is 1.41 bits per heavy atom. The minimum atomic E-state index is -0.721. The molecule has 306 valence electrons. The number of nitriles is 1. The number of hydrogen-bond donors (Lipinski definition) is 0. The zero-order valence-corrected chi connectivity index (χ0v) is 35.4. The zero-order valence-electron chi connectivity index (χ0n) is 35.4. The summed E-state index contributed by atoms with van der Waals surface area (Å²) in [6, 6.07) is 73.2. The first-order valence-electron chi connectivity index (χ1n) is 22.2. The van der Waals surface area contributed by atoms with Crippen molar-refractivity contribution in [2.75, 3.05) is 0 Å². The number of fused-ring (bicyclic) bond motifs is 15. The molecule has 1 aliphatic heterocycles. The average Bonchev–Trinajstić information content (AvgIpc) is 4.00. The van der Waals surface area contributed by atoms with Crippen LogP contribution in [0.4, 0.5) is 0 Å². The maximum atomic E-state index is 9.94. The molecule has 8 aromatic carbocycles. The van der Waals surface area contributed by atoms with Gasteiger partial charge in [-0.1, -0.05) is 103 Å². The number of benzene rings is 8. The summed E-state index contributed by atoms with van der Waals surface area (Å²) < 4.78 is 11.8. The molecule has 6 heteroatoms. The van der Waals surface area contributed by atoms with Crippen molar-refractivity contribution in [1.29, 1.82) is 5.26 Å². The number of rotatable bonds is 4. The second kappa shape index (κ2) is 13.7. The van der Waals surface area contributed by atoms with Gasteiger partial charge in [-0.15, -0.1) is 0 Å². The van der Waals surface area contributed by atoms with Crippen LogP contribution in [0.2, 0.25) is 0 Å². The van der Waals surface area contributed by atoms with Crippen LogP contribution in [0.3, 0.4) is 0 Å². The lowest BCUT2D eigenvalue weighted by atomic mass is 9.66. The minimum absolute atomic E-state index is 0.630. The molecular weight excluding hydrogens is 807 g/mol. The van der Waals surface area contributed by atoms with E-state index in [2.05, 4.69) is 185 Å². The van der Waals surface area contributed by atoms with Crippen LogP contribution >= 0.6 is 0 Å². The molecule has 0 fully saturated rings. The summed E-state index contributed by atoms with van der Waals surface area (Å²) in [6.45, 7) is 0. The van der Waals surface area contributed by atoms with Crippen LogP contribution in [0.1, 0.15) is 27.8 Å². The molecule has 5 heterocycles. The third-order valence-electron chi connectivity index (χ3n) is 13.9. The molecule has 12 aromatic rings. The first kappa shape index (κ1) is 36.4. The number of ether oxygens (including phenoxy) is 1. The summed E-state index contributed by atoms with van der Waals surface area (Å²) in [5.74, 6) is 1.57. The maximum absolute atomic E-state index is 9.94. The Bertz CT molecular complexity index is 4000. The van der Waals surface area contributed by atoms with Gasteiger partial charge in [0.25, 0.3) is 0 Å². The van der Waals surface area contributed by atoms with Crippen molar-refractivity contribution in [2.24, 2.45) is 0 Å². The molecule has 0 radical (unpaired) electrons. The maximum Gasteiger partial charge on any atom is 0.132 e. The number of nitrogens with zero attached hydrogens (tertiary/aromatic N) is 5. The molecule has 1 spiro atoms. The van der Waals surface area contributed by atoms with E-state index in [1.165, 1.54) is 16.3 Å². The van der Waals surface area contributed by atoms with Crippen molar-refractivity contribution in [3.8, 4) is 62.6 Å². The van der Waals surface area contributed by atoms with Crippen LogP contribution in [-0.4, -0.2) is 19.1 Å². The third kappa shape index (κ3) is 4.99. The van der Waals surface area contributed by atoms with Gasteiger partial charge in [-0.3, -0.25) is 9.97 Å². The van der Waals surface area contributed by atoms with E-state index in [1.54, 1.807) is 0 Å². The van der Waals surface area contributed by atoms with Crippen molar-refractivity contribution < 1.29 is 4.74 Å². The van der Waals surface area contributed by atoms with Crippen molar-refractivity contribution in [3.05, 3.63) is 240 Å². The topological polar surface area (TPSA) is 68.7 Å². The van der Waals surface area contributed by atoms with E-state index in [4.69, 9.17) is 14.7 Å². The van der Waals surface area contributed by atoms with Gasteiger partial charge in [0.15, 0.2) is 0 Å². The SMILES string of the molecule is N#Cc1ccc2c(c1)c1cc(-c3ccc4c(c3)Oc3cc(-c5ccc6c(c5)c5ccccc5n6-c5ccccc5)ccc3C43c4cccnc4-c4ncccc43)ccc1n2-c1ccccc1. The number of pyridine rings is 2. The van der Waals surface area contributed by atoms with Crippen molar-refractivity contribution in [3.63, 3.8) is 0 Å². The molecule has 66 heavy (non-hydrogen) atoms. The fraction of sp³-hybridized carbons (Fsp3) is 0.0167. The fourth-order valence-electron chi connectivity index (χ4n) is 11.1. The summed E-state index contributed by atoms with van der Waals surface area (Å²) in [5, 5.41) is 14.5. The van der Waals surface area contributed by atoms with Gasteiger partial charge >= 0.3 is 0 Å². The van der Waals surface area contributed by atoms with Gasteiger partial charge in [-0.2, -0.15) is 5.26 Å². The normalized spacial score (nSPS) is 13.1. The molecule has 0 atom stereocenters. The average molecular weight is 842 g/mol. The standard InChI is InChI=1S/C60H35N5O/c61-36-37-19-26-53-45(31-37)47-33-39(23-28-55(47)65(53)43-13-5-2-6-14-43)41-21-25-49-57(35-41)66-56-34-40(20-24-48(56)60(49)50-16-9-29-62-58(50)59-51(60)17-10-30-63-59)38-22-27-54-46(32-38)44-15-7-8-18-52(44)64(54)42-11-3-1-4-12-42/h1-35H. The van der Waals surface area contributed by atoms with Gasteiger partial charge in [0.1, 0.15) is 11.5 Å². The van der Waals surface area contributed by atoms with Crippen molar-refractivity contribution in [1.82, 2.24) is 19.1 Å². The first-order valence-corrected chi connectivity index (χ1v) is 22.2. The third-order valence-corrected chi connectivity index (χ3v) is 13.9. The van der Waals surface area contributed by atoms with Crippen LogP contribution in [-0.2, 0) is 5.41 Å². The highest BCUT2D eigenvalue weighted by molar-refractivity contribution is 6.12. The van der Waals surface area contributed by atoms with Gasteiger partial charge in [-0.25, -0.2) is 0 Å². The van der Waals surface area contributed by atoms with E-state index in [-0.39, 0.29) is 0 Å². The molecule has 0 saturated carbocycles. The van der Waals surface area contributed by atoms with Crippen LogP contribution in [0.25, 0.3) is 88.6 Å². The molecule has 0 N–H and O–H groups in total. The van der Waals surface area contributed by atoms with Crippen LogP contribution < -0.4 is 4.74 Å². The van der Waals surface area contributed by atoms with E-state index >= 15 is 0 Å². The van der Waals surface area contributed by atoms with E-state index < -0.39 is 5.41 Å². The largest absolute Gasteiger partial charge is 0.457 e. The van der Waals surface area contributed by atoms with Crippen molar-refractivity contribution in [2.45, 2.75) is 5.41 Å². The second-order valence-corrected chi connectivity index (χ2v) is 17.2. The lowest BCUT2D eigenvalue weighted by molar-refractivity contribution is 0.436. The smallest absolute Gasteiger partial charge is 0.132 e. The van der Waals surface area contributed by atoms with Gasteiger partial charge in [0.2, 0.25) is 0 Å². The summed E-state index contributed by atoms with van der Waals surface area (Å²) in [6.07, 6.45) is 3.72. The molecular formula is C60H35N5O. The predicted molar refractivity (Wildman–Crippen MR) is 264 cm³/mol. The Hall–Kier alpha value is -9.05. The molecule has 14 rings (SSSR count). The second-order valence-electron chi connectivity index (χ2n) is 17.2. The van der Waals surface area contributed by atoms with Crippen molar-refractivity contribution >= 4 is 43.6 Å². The summed E-state index contributed by atoms with van der Waals surface area (Å²) in [5.41, 5.74) is 16.9. The number of hydrogen-bond acceptors (Lipinski definition) is 4. The Kier molecular flexibility index (Phi) is 7.58. The lowest BCUT2D eigenvalue weighted by Gasteiger charge is -2.39. The Balaban J connectivity index is 0.963. The van der Waals surface area contributed by atoms with E-state index in [1.807, 2.05) is 42.7 Å². The van der Waals surface area contributed by atoms with Gasteiger partial charge < -0.3 is 13.9 Å². The highest BCUT2D eigenvalue weighted by Crippen LogP contribution is 2.62. The molecule has 0 bridgehead atoms. The Labute approximate surface area is 379 Å². The molecule has 1 aliphatic carbocycles. The van der Waals surface area contributed by atoms with Gasteiger partial charge in [0, 0.05) is 56.4 Å². The lowest BCUT2D eigenvalue weighted by Crippen LogP contribution is -2.32. The van der Waals surface area contributed by atoms with E-state index in [0.29, 0.717) is 5.56 Å². The quantitative estimate of drug-likeness (QED) is 0.177. The van der Waals surface area contributed by atoms with Crippen LogP contribution in [0, 0.1) is 11.3 Å². The molecule has 0 unspecified atom stereocenters. The van der Waals surface area contributed by atoms with Gasteiger partial charge in [0.05, 0.1) is 50.5 Å². The molecule has 0 saturated heterocycles. The number of aromatic nitrogens is 4. The summed E-state index contributed by atoms with van der Waals surface area (Å²) in [7, 11) is 0. The summed E-state index contributed by atoms with van der Waals surface area (Å²) in [4.78, 5) is 9.93. The molecule has 6 nitrogen and oxygen atoms in total. The molecule has 0 amide bonds. The zero-order chi connectivity index (χ0) is 43.5. The highest BCUT2D eigenvalue weighted by atomic mass is 16.5. The van der Waals surface area contributed by atoms with Crippen LogP contribution in [0.15, 0.2) is 213 Å². The fourth-order valence-corrected chi connectivity index (χ4v) is 11.1. The van der Waals surface area contributed by atoms with Crippen LogP contribution in [0.5, 0.6) is 11.5 Å². The summed E-state index contributed by atoms with van der Waals surface area (Å²) >= 11 is 0. The highest BCUT2D eigenvalue weighted by Gasteiger charge is 2.52. The predicted octanol–water partition coefficient (Wildman–Crippen LogP) is 14.3. The first-order chi connectivity index (χ1) is 32.7. The monoisotopic (exact) mass is 841 g/mol. The number of para-hydroxylation sites is 3. The Morgan fingerprint density at radius 1 is 0.394 bits per heavy atom. The molecule has 4 aromatic heterocycles. The van der Waals surface area contributed by atoms with Gasteiger partial charge in [-0.05, 0) is 130 Å². The van der Waals surface area contributed by atoms with E-state index in [9.17, 15) is 5.26 Å². The molecule has 2 aliphatic rings.